The molecule has 0 spiro atoms. The number of thiazole rings is 1. The first-order chi connectivity index (χ1) is 15.3. The third kappa shape index (κ3) is 4.81. The van der Waals surface area contributed by atoms with Crippen molar-refractivity contribution in [2.75, 3.05) is 26.2 Å². The maximum absolute atomic E-state index is 13.1. The number of aromatic nitrogens is 1. The fraction of sp³-hybridized carbons (Fsp3) is 0.346. The number of hydrogen-bond donors (Lipinski definition) is 0. The predicted molar refractivity (Wildman–Crippen MR) is 129 cm³/mol. The molecule has 2 aromatic carbocycles. The van der Waals surface area contributed by atoms with Crippen LogP contribution < -0.4 is 0 Å². The van der Waals surface area contributed by atoms with Crippen molar-refractivity contribution in [3.05, 3.63) is 85.9 Å². The summed E-state index contributed by atoms with van der Waals surface area (Å²) in [5, 5.41) is 3.19. The van der Waals surface area contributed by atoms with Crippen LogP contribution in [0.1, 0.15) is 53.7 Å². The molecule has 32 heavy (non-hydrogen) atoms. The zero-order valence-corrected chi connectivity index (χ0v) is 20.0. The molecule has 2 heterocycles. The van der Waals surface area contributed by atoms with Gasteiger partial charge < -0.3 is 4.90 Å². The highest BCUT2D eigenvalue weighted by molar-refractivity contribution is 7.09. The van der Waals surface area contributed by atoms with Gasteiger partial charge in [-0.3, -0.25) is 14.5 Å². The summed E-state index contributed by atoms with van der Waals surface area (Å²) in [6.45, 7) is 11.9. The summed E-state index contributed by atoms with van der Waals surface area (Å²) < 4.78 is 0. The number of aryl methyl sites for hydroxylation is 4. The Morgan fingerprint density at radius 2 is 1.50 bits per heavy atom. The zero-order chi connectivity index (χ0) is 22.8. The summed E-state index contributed by atoms with van der Waals surface area (Å²) in [5.74, 6) is 0.0285. The van der Waals surface area contributed by atoms with Gasteiger partial charge in [0, 0.05) is 54.8 Å². The SMILES string of the molecule is Cc1cc(C)c(C(=O)c2ccc(C(=O)N3CCN(Cc4csc(C)n4)CC3)cc2)c(C)c1. The summed E-state index contributed by atoms with van der Waals surface area (Å²) in [7, 11) is 0. The number of nitrogens with zero attached hydrogens (tertiary/aromatic N) is 3. The van der Waals surface area contributed by atoms with Crippen LogP contribution in [-0.4, -0.2) is 52.7 Å². The van der Waals surface area contributed by atoms with E-state index in [9.17, 15) is 9.59 Å². The number of hydrogen-bond acceptors (Lipinski definition) is 5. The summed E-state index contributed by atoms with van der Waals surface area (Å²) in [5.41, 5.74) is 6.21. The van der Waals surface area contributed by atoms with E-state index in [1.165, 1.54) is 0 Å². The number of piperazine rings is 1. The van der Waals surface area contributed by atoms with Gasteiger partial charge in [-0.1, -0.05) is 29.8 Å². The van der Waals surface area contributed by atoms with Crippen LogP contribution in [0.5, 0.6) is 0 Å². The van der Waals surface area contributed by atoms with E-state index in [1.54, 1.807) is 35.6 Å². The molecule has 166 valence electrons. The van der Waals surface area contributed by atoms with Gasteiger partial charge in [0.05, 0.1) is 10.7 Å². The lowest BCUT2D eigenvalue weighted by atomic mass is 9.93. The van der Waals surface area contributed by atoms with E-state index in [2.05, 4.69) is 15.3 Å². The van der Waals surface area contributed by atoms with E-state index in [1.807, 2.05) is 44.7 Å². The molecule has 0 unspecified atom stereocenters. The minimum absolute atomic E-state index is 0.00453. The van der Waals surface area contributed by atoms with Crippen LogP contribution in [0.25, 0.3) is 0 Å². The first kappa shape index (κ1) is 22.4. The van der Waals surface area contributed by atoms with Crippen molar-refractivity contribution in [3.8, 4) is 0 Å². The van der Waals surface area contributed by atoms with Crippen LogP contribution in [0, 0.1) is 27.7 Å². The lowest BCUT2D eigenvalue weighted by Gasteiger charge is -2.34. The molecule has 1 fully saturated rings. The molecule has 1 saturated heterocycles. The Bertz CT molecular complexity index is 1120. The van der Waals surface area contributed by atoms with Gasteiger partial charge in [0.2, 0.25) is 0 Å². The zero-order valence-electron chi connectivity index (χ0n) is 19.1. The standard InChI is InChI=1S/C26H29N3O2S/c1-17-13-18(2)24(19(3)14-17)25(30)21-5-7-22(8-6-21)26(31)29-11-9-28(10-12-29)15-23-16-32-20(4)27-23/h5-8,13-14,16H,9-12,15H2,1-4H3. The molecule has 0 atom stereocenters. The van der Waals surface area contributed by atoms with Crippen LogP contribution in [0.15, 0.2) is 41.8 Å². The quantitative estimate of drug-likeness (QED) is 0.538. The van der Waals surface area contributed by atoms with E-state index in [0.717, 1.165) is 52.6 Å². The second-order valence-electron chi connectivity index (χ2n) is 8.61. The first-order valence-electron chi connectivity index (χ1n) is 11.0. The van der Waals surface area contributed by atoms with Crippen molar-refractivity contribution >= 4 is 23.0 Å². The summed E-state index contributed by atoms with van der Waals surface area (Å²) in [6.07, 6.45) is 0. The van der Waals surface area contributed by atoms with Crippen molar-refractivity contribution in [1.29, 1.82) is 0 Å². The molecule has 6 heteroatoms. The molecule has 0 saturated carbocycles. The molecule has 0 aliphatic carbocycles. The third-order valence-electron chi connectivity index (χ3n) is 6.01. The second kappa shape index (κ2) is 9.35. The molecule has 1 aliphatic rings. The fourth-order valence-electron chi connectivity index (χ4n) is 4.45. The summed E-state index contributed by atoms with van der Waals surface area (Å²) >= 11 is 1.67. The number of rotatable bonds is 5. The van der Waals surface area contributed by atoms with E-state index < -0.39 is 0 Å². The smallest absolute Gasteiger partial charge is 0.253 e. The van der Waals surface area contributed by atoms with Crippen molar-refractivity contribution in [1.82, 2.24) is 14.8 Å². The average molecular weight is 448 g/mol. The van der Waals surface area contributed by atoms with Crippen LogP contribution in [0.2, 0.25) is 0 Å². The lowest BCUT2D eigenvalue weighted by molar-refractivity contribution is 0.0627. The predicted octanol–water partition coefficient (Wildman–Crippen LogP) is 4.57. The molecule has 0 bridgehead atoms. The molecule has 1 amide bonds. The minimum atomic E-state index is 0.00453. The summed E-state index contributed by atoms with van der Waals surface area (Å²) in [6, 6.07) is 11.2. The Morgan fingerprint density at radius 3 is 2.06 bits per heavy atom. The molecule has 4 rings (SSSR count). The van der Waals surface area contributed by atoms with E-state index >= 15 is 0 Å². The van der Waals surface area contributed by atoms with Crippen LogP contribution in [0.4, 0.5) is 0 Å². The van der Waals surface area contributed by atoms with Gasteiger partial charge in [-0.2, -0.15) is 0 Å². The molecule has 3 aromatic rings. The second-order valence-corrected chi connectivity index (χ2v) is 9.67. The normalized spacial score (nSPS) is 14.6. The van der Waals surface area contributed by atoms with Crippen molar-refractivity contribution < 1.29 is 9.59 Å². The Labute approximate surface area is 193 Å². The van der Waals surface area contributed by atoms with Crippen LogP contribution >= 0.6 is 11.3 Å². The van der Waals surface area contributed by atoms with Gasteiger partial charge in [0.25, 0.3) is 5.91 Å². The van der Waals surface area contributed by atoms with Gasteiger partial charge in [-0.15, -0.1) is 11.3 Å². The molecule has 0 N–H and O–H groups in total. The fourth-order valence-corrected chi connectivity index (χ4v) is 5.05. The molecular weight excluding hydrogens is 418 g/mol. The molecule has 1 aliphatic heterocycles. The molecule has 5 nitrogen and oxygen atoms in total. The lowest BCUT2D eigenvalue weighted by Crippen LogP contribution is -2.48. The van der Waals surface area contributed by atoms with Gasteiger partial charge in [0.1, 0.15) is 0 Å². The Balaban J connectivity index is 1.39. The van der Waals surface area contributed by atoms with Gasteiger partial charge in [-0.05, 0) is 51.0 Å². The first-order valence-corrected chi connectivity index (χ1v) is 11.8. The van der Waals surface area contributed by atoms with Crippen LogP contribution in [-0.2, 0) is 6.54 Å². The maximum atomic E-state index is 13.1. The average Bonchev–Trinajstić information content (AvgIpc) is 3.17. The Morgan fingerprint density at radius 1 is 0.906 bits per heavy atom. The number of ketones is 1. The monoisotopic (exact) mass is 447 g/mol. The van der Waals surface area contributed by atoms with E-state index in [-0.39, 0.29) is 11.7 Å². The van der Waals surface area contributed by atoms with E-state index in [0.29, 0.717) is 24.2 Å². The van der Waals surface area contributed by atoms with Gasteiger partial charge >= 0.3 is 0 Å². The van der Waals surface area contributed by atoms with Gasteiger partial charge in [-0.25, -0.2) is 4.98 Å². The largest absolute Gasteiger partial charge is 0.336 e. The van der Waals surface area contributed by atoms with Gasteiger partial charge in [0.15, 0.2) is 5.78 Å². The Kier molecular flexibility index (Phi) is 6.53. The number of carbonyl (C=O) groups excluding carboxylic acids is 2. The molecular formula is C26H29N3O2S. The maximum Gasteiger partial charge on any atom is 0.253 e. The van der Waals surface area contributed by atoms with Crippen LogP contribution in [0.3, 0.4) is 0 Å². The third-order valence-corrected chi connectivity index (χ3v) is 6.83. The highest BCUT2D eigenvalue weighted by Gasteiger charge is 2.23. The number of benzene rings is 2. The molecule has 0 radical (unpaired) electrons. The highest BCUT2D eigenvalue weighted by Crippen LogP contribution is 2.21. The van der Waals surface area contributed by atoms with Crippen molar-refractivity contribution in [2.45, 2.75) is 34.2 Å². The Hall–Kier alpha value is -2.83. The van der Waals surface area contributed by atoms with E-state index in [4.69, 9.17) is 0 Å². The minimum Gasteiger partial charge on any atom is -0.336 e. The molecule has 1 aromatic heterocycles. The van der Waals surface area contributed by atoms with Crippen molar-refractivity contribution in [3.63, 3.8) is 0 Å². The topological polar surface area (TPSA) is 53.5 Å². The number of amides is 1. The number of carbonyl (C=O) groups is 2. The highest BCUT2D eigenvalue weighted by atomic mass is 32.1. The van der Waals surface area contributed by atoms with Crippen molar-refractivity contribution in [2.24, 2.45) is 0 Å². The summed E-state index contributed by atoms with van der Waals surface area (Å²) in [4.78, 5) is 34.8.